The summed E-state index contributed by atoms with van der Waals surface area (Å²) < 4.78 is 0. The number of carbonyl (C=O) groups excluding carboxylic acids is 2. The molecule has 2 aliphatic heterocycles. The van der Waals surface area contributed by atoms with Gasteiger partial charge in [0, 0.05) is 54.6 Å². The van der Waals surface area contributed by atoms with Crippen LogP contribution in [0.1, 0.15) is 15.9 Å². The van der Waals surface area contributed by atoms with Crippen molar-refractivity contribution in [1.82, 2.24) is 4.90 Å². The Morgan fingerprint density at radius 3 is 2.16 bits per heavy atom. The number of fused-ring (bicyclic) bond motifs is 1. The molecule has 0 spiro atoms. The maximum absolute atomic E-state index is 13.6. The Hall–Kier alpha value is -3.31. The van der Waals surface area contributed by atoms with Crippen LogP contribution in [0.2, 0.25) is 5.02 Å². The third-order valence-corrected chi connectivity index (χ3v) is 6.54. The summed E-state index contributed by atoms with van der Waals surface area (Å²) in [6.07, 6.45) is 0.547. The third-order valence-electron chi connectivity index (χ3n) is 6.28. The molecule has 32 heavy (non-hydrogen) atoms. The average Bonchev–Trinajstić information content (AvgIpc) is 3.24. The molecule has 162 valence electrons. The monoisotopic (exact) mass is 445 g/mol. The normalized spacial score (nSPS) is 17.9. The van der Waals surface area contributed by atoms with Crippen molar-refractivity contribution in [3.8, 4) is 0 Å². The Labute approximate surface area is 192 Å². The number of hydrogen-bond donors (Lipinski definition) is 0. The van der Waals surface area contributed by atoms with Gasteiger partial charge in [-0.15, -0.1) is 0 Å². The van der Waals surface area contributed by atoms with Crippen LogP contribution in [0.3, 0.4) is 0 Å². The van der Waals surface area contributed by atoms with Gasteiger partial charge in [0.25, 0.3) is 5.91 Å². The van der Waals surface area contributed by atoms with Gasteiger partial charge >= 0.3 is 0 Å². The van der Waals surface area contributed by atoms with Crippen LogP contribution >= 0.6 is 11.6 Å². The van der Waals surface area contributed by atoms with Crippen LogP contribution in [0.5, 0.6) is 0 Å². The molecule has 1 saturated heterocycles. The molecule has 0 aromatic heterocycles. The van der Waals surface area contributed by atoms with Crippen LogP contribution in [0, 0.1) is 0 Å². The molecule has 2 heterocycles. The fourth-order valence-corrected chi connectivity index (χ4v) is 4.73. The molecular formula is C26H24ClN3O2. The number of piperazine rings is 1. The molecule has 0 aliphatic carbocycles. The number of amides is 2. The van der Waals surface area contributed by atoms with Crippen molar-refractivity contribution in [1.29, 1.82) is 0 Å². The highest BCUT2D eigenvalue weighted by atomic mass is 35.5. The number of nitrogens with zero attached hydrogens (tertiary/aromatic N) is 3. The first-order chi connectivity index (χ1) is 15.6. The SMILES string of the molecule is O=C([C@@H]1Cc2ccccc2N1C(=O)c1ccccc1)N1CCN(c2ccc(Cl)cc2)CC1. The first kappa shape index (κ1) is 20.6. The molecule has 5 nitrogen and oxygen atoms in total. The van der Waals surface area contributed by atoms with Crippen molar-refractivity contribution in [2.75, 3.05) is 36.0 Å². The van der Waals surface area contributed by atoms with Crippen molar-refractivity contribution < 1.29 is 9.59 Å². The van der Waals surface area contributed by atoms with Crippen molar-refractivity contribution in [2.45, 2.75) is 12.5 Å². The van der Waals surface area contributed by atoms with Crippen molar-refractivity contribution in [3.63, 3.8) is 0 Å². The molecule has 1 fully saturated rings. The second-order valence-electron chi connectivity index (χ2n) is 8.18. The van der Waals surface area contributed by atoms with Crippen molar-refractivity contribution in [2.24, 2.45) is 0 Å². The molecule has 2 aliphatic rings. The zero-order valence-corrected chi connectivity index (χ0v) is 18.4. The van der Waals surface area contributed by atoms with E-state index < -0.39 is 6.04 Å². The first-order valence-corrected chi connectivity index (χ1v) is 11.3. The lowest BCUT2D eigenvalue weighted by Gasteiger charge is -2.38. The second-order valence-corrected chi connectivity index (χ2v) is 8.62. The van der Waals surface area contributed by atoms with Crippen LogP contribution in [-0.2, 0) is 11.2 Å². The Balaban J connectivity index is 1.34. The predicted octanol–water partition coefficient (Wildman–Crippen LogP) is 4.26. The molecule has 3 aromatic rings. The highest BCUT2D eigenvalue weighted by molar-refractivity contribution is 6.30. The lowest BCUT2D eigenvalue weighted by atomic mass is 10.1. The van der Waals surface area contributed by atoms with Crippen LogP contribution < -0.4 is 9.80 Å². The van der Waals surface area contributed by atoms with E-state index in [1.54, 1.807) is 17.0 Å². The molecule has 0 N–H and O–H groups in total. The molecule has 0 radical (unpaired) electrons. The minimum absolute atomic E-state index is 0.0150. The van der Waals surface area contributed by atoms with Gasteiger partial charge in [-0.05, 0) is 48.0 Å². The molecule has 0 bridgehead atoms. The van der Waals surface area contributed by atoms with Crippen LogP contribution in [0.4, 0.5) is 11.4 Å². The fraction of sp³-hybridized carbons (Fsp3) is 0.231. The van der Waals surface area contributed by atoms with Gasteiger partial charge in [0.05, 0.1) is 0 Å². The van der Waals surface area contributed by atoms with Crippen LogP contribution in [-0.4, -0.2) is 48.9 Å². The van der Waals surface area contributed by atoms with Crippen molar-refractivity contribution >= 4 is 34.8 Å². The van der Waals surface area contributed by atoms with E-state index in [9.17, 15) is 9.59 Å². The molecule has 0 saturated carbocycles. The Morgan fingerprint density at radius 1 is 0.781 bits per heavy atom. The lowest BCUT2D eigenvalue weighted by molar-refractivity contribution is -0.132. The largest absolute Gasteiger partial charge is 0.368 e. The predicted molar refractivity (Wildman–Crippen MR) is 127 cm³/mol. The topological polar surface area (TPSA) is 43.9 Å². The van der Waals surface area contributed by atoms with Gasteiger partial charge in [0.1, 0.15) is 6.04 Å². The molecule has 6 heteroatoms. The number of halogens is 1. The molecule has 1 atom stereocenters. The Kier molecular flexibility index (Phi) is 5.58. The molecule has 2 amide bonds. The maximum Gasteiger partial charge on any atom is 0.259 e. The molecule has 0 unspecified atom stereocenters. The number of carbonyl (C=O) groups is 2. The van der Waals surface area contributed by atoms with Crippen molar-refractivity contribution in [3.05, 3.63) is 95.0 Å². The van der Waals surface area contributed by atoms with E-state index in [0.29, 0.717) is 30.1 Å². The zero-order chi connectivity index (χ0) is 22.1. The number of benzene rings is 3. The maximum atomic E-state index is 13.6. The summed E-state index contributed by atoms with van der Waals surface area (Å²) >= 11 is 6.01. The summed E-state index contributed by atoms with van der Waals surface area (Å²) in [5.41, 5.74) is 3.57. The van der Waals surface area contributed by atoms with E-state index in [1.165, 1.54) is 0 Å². The van der Waals surface area contributed by atoms with Gasteiger partial charge < -0.3 is 9.80 Å². The summed E-state index contributed by atoms with van der Waals surface area (Å²) in [6.45, 7) is 2.75. The smallest absolute Gasteiger partial charge is 0.259 e. The number of rotatable bonds is 3. The second kappa shape index (κ2) is 8.67. The fourth-order valence-electron chi connectivity index (χ4n) is 4.60. The summed E-state index contributed by atoms with van der Waals surface area (Å²) in [7, 11) is 0. The first-order valence-electron chi connectivity index (χ1n) is 10.9. The van der Waals surface area contributed by atoms with Gasteiger partial charge in [0.15, 0.2) is 0 Å². The van der Waals surface area contributed by atoms with Crippen LogP contribution in [0.25, 0.3) is 0 Å². The minimum Gasteiger partial charge on any atom is -0.368 e. The molecular weight excluding hydrogens is 422 g/mol. The average molecular weight is 446 g/mol. The zero-order valence-electron chi connectivity index (χ0n) is 17.7. The van der Waals surface area contributed by atoms with E-state index in [0.717, 1.165) is 30.0 Å². The van der Waals surface area contributed by atoms with E-state index >= 15 is 0 Å². The van der Waals surface area contributed by atoms with Gasteiger partial charge in [-0.3, -0.25) is 14.5 Å². The number of hydrogen-bond acceptors (Lipinski definition) is 3. The van der Waals surface area contributed by atoms with E-state index in [2.05, 4.69) is 4.90 Å². The highest BCUT2D eigenvalue weighted by Gasteiger charge is 2.41. The number of anilines is 2. The lowest BCUT2D eigenvalue weighted by Crippen LogP contribution is -2.55. The van der Waals surface area contributed by atoms with Gasteiger partial charge in [-0.25, -0.2) is 0 Å². The summed E-state index contributed by atoms with van der Waals surface area (Å²) in [5, 5.41) is 0.714. The molecule has 5 rings (SSSR count). The standard InChI is InChI=1S/C26H24ClN3O2/c27-21-10-12-22(13-11-21)28-14-16-29(17-15-28)26(32)24-18-20-8-4-5-9-23(20)30(24)25(31)19-6-2-1-3-7-19/h1-13,24H,14-18H2/t24-/m0/s1. The summed E-state index contributed by atoms with van der Waals surface area (Å²) in [6, 6.07) is 24.3. The van der Waals surface area contributed by atoms with E-state index in [-0.39, 0.29) is 11.8 Å². The number of para-hydroxylation sites is 1. The summed E-state index contributed by atoms with van der Waals surface area (Å²) in [4.78, 5) is 32.9. The highest BCUT2D eigenvalue weighted by Crippen LogP contribution is 2.34. The summed E-state index contributed by atoms with van der Waals surface area (Å²) in [5.74, 6) is -0.116. The van der Waals surface area contributed by atoms with E-state index in [4.69, 9.17) is 11.6 Å². The van der Waals surface area contributed by atoms with Crippen LogP contribution in [0.15, 0.2) is 78.9 Å². The Bertz CT molecular complexity index is 1130. The third kappa shape index (κ3) is 3.84. The Morgan fingerprint density at radius 2 is 1.44 bits per heavy atom. The quantitative estimate of drug-likeness (QED) is 0.605. The van der Waals surface area contributed by atoms with Gasteiger partial charge in [-0.1, -0.05) is 48.0 Å². The minimum atomic E-state index is -0.512. The van der Waals surface area contributed by atoms with Gasteiger partial charge in [0.2, 0.25) is 5.91 Å². The molecule has 3 aromatic carbocycles. The van der Waals surface area contributed by atoms with Gasteiger partial charge in [-0.2, -0.15) is 0 Å². The van der Waals surface area contributed by atoms with E-state index in [1.807, 2.05) is 71.6 Å².